The highest BCUT2D eigenvalue weighted by Gasteiger charge is 2.14. The zero-order chi connectivity index (χ0) is 22.5. The lowest BCUT2D eigenvalue weighted by Gasteiger charge is -2.32. The van der Waals surface area contributed by atoms with Crippen molar-refractivity contribution < 1.29 is 13.9 Å². The summed E-state index contributed by atoms with van der Waals surface area (Å²) in [6.07, 6.45) is 0.318. The summed E-state index contributed by atoms with van der Waals surface area (Å²) in [5, 5.41) is 3.26. The molecule has 0 saturated carbocycles. The third kappa shape index (κ3) is 5.70. The number of hydrogen-bond donors (Lipinski definition) is 1. The van der Waals surface area contributed by atoms with Gasteiger partial charge in [0.2, 0.25) is 0 Å². The van der Waals surface area contributed by atoms with E-state index in [2.05, 4.69) is 22.2 Å². The van der Waals surface area contributed by atoms with Crippen molar-refractivity contribution in [2.75, 3.05) is 51.7 Å². The van der Waals surface area contributed by atoms with Gasteiger partial charge in [-0.2, -0.15) is 0 Å². The van der Waals surface area contributed by atoms with E-state index in [1.807, 2.05) is 18.2 Å². The van der Waals surface area contributed by atoms with Crippen LogP contribution in [0.1, 0.15) is 12.0 Å². The smallest absolute Gasteiger partial charge is 0.420 e. The molecule has 170 valence electrons. The van der Waals surface area contributed by atoms with E-state index in [0.717, 1.165) is 44.7 Å². The molecule has 0 aliphatic carbocycles. The largest absolute Gasteiger partial charge is 0.449 e. The van der Waals surface area contributed by atoms with Crippen LogP contribution in [0.2, 0.25) is 5.02 Å². The second-order valence-corrected chi connectivity index (χ2v) is 8.46. The zero-order valence-electron chi connectivity index (χ0n) is 18.1. The van der Waals surface area contributed by atoms with E-state index in [-0.39, 0.29) is 0 Å². The molecule has 3 aromatic rings. The number of halogens is 1. The first-order valence-corrected chi connectivity index (χ1v) is 11.1. The van der Waals surface area contributed by atoms with Gasteiger partial charge in [-0.25, -0.2) is 9.59 Å². The molecule has 1 saturated heterocycles. The van der Waals surface area contributed by atoms with Gasteiger partial charge in [-0.3, -0.25) is 9.88 Å². The van der Waals surface area contributed by atoms with Crippen molar-refractivity contribution in [3.05, 3.63) is 63.6 Å². The van der Waals surface area contributed by atoms with E-state index in [9.17, 15) is 9.59 Å². The summed E-state index contributed by atoms with van der Waals surface area (Å²) < 4.78 is 12.1. The van der Waals surface area contributed by atoms with Crippen LogP contribution in [0, 0.1) is 0 Å². The number of carbonyl (C=O) groups excluding carboxylic acids is 1. The van der Waals surface area contributed by atoms with Crippen molar-refractivity contribution >= 4 is 34.5 Å². The molecule has 2 heterocycles. The van der Waals surface area contributed by atoms with Crippen LogP contribution in [0.4, 0.5) is 10.5 Å². The molecular formula is C23H27ClN4O4. The molecule has 0 atom stereocenters. The molecule has 1 fully saturated rings. The van der Waals surface area contributed by atoms with Crippen LogP contribution in [0.25, 0.3) is 11.1 Å². The highest BCUT2D eigenvalue weighted by molar-refractivity contribution is 6.31. The van der Waals surface area contributed by atoms with E-state index >= 15 is 0 Å². The molecule has 0 radical (unpaired) electrons. The Labute approximate surface area is 191 Å². The first-order valence-electron chi connectivity index (χ1n) is 10.7. The highest BCUT2D eigenvalue weighted by atomic mass is 35.5. The second kappa shape index (κ2) is 10.2. The molecule has 4 rings (SSSR count). The number of likely N-dealkylation sites (N-methyl/N-ethyl adjacent to an activating group) is 1. The predicted octanol–water partition coefficient (Wildman–Crippen LogP) is 3.48. The number of aromatic nitrogens is 1. The number of fused-ring (bicyclic) bond motifs is 1. The molecular weight excluding hydrogens is 432 g/mol. The average molecular weight is 459 g/mol. The summed E-state index contributed by atoms with van der Waals surface area (Å²) in [5.74, 6) is -0.458. The fourth-order valence-electron chi connectivity index (χ4n) is 3.80. The number of nitrogens with one attached hydrogen (secondary N) is 1. The third-order valence-electron chi connectivity index (χ3n) is 5.59. The number of rotatable bonds is 7. The van der Waals surface area contributed by atoms with Gasteiger partial charge < -0.3 is 19.0 Å². The first-order chi connectivity index (χ1) is 15.5. The van der Waals surface area contributed by atoms with Gasteiger partial charge in [0.1, 0.15) is 0 Å². The van der Waals surface area contributed by atoms with Crippen molar-refractivity contribution in [1.82, 2.24) is 14.4 Å². The van der Waals surface area contributed by atoms with E-state index in [0.29, 0.717) is 35.0 Å². The van der Waals surface area contributed by atoms with Gasteiger partial charge in [0.05, 0.1) is 18.7 Å². The number of piperazine rings is 1. The third-order valence-corrected chi connectivity index (χ3v) is 5.83. The number of benzene rings is 2. The van der Waals surface area contributed by atoms with Crippen LogP contribution in [0.15, 0.2) is 51.7 Å². The molecule has 0 bridgehead atoms. The van der Waals surface area contributed by atoms with Gasteiger partial charge in [-0.15, -0.1) is 0 Å². The Morgan fingerprint density at radius 2 is 1.97 bits per heavy atom. The SMILES string of the molecule is CN1CCN(CCCOC(=O)Nc2cccc(Cn3c(=O)oc4cc(Cl)ccc43)c2)CC1. The Balaban J connectivity index is 1.29. The Bertz CT molecular complexity index is 1130. The highest BCUT2D eigenvalue weighted by Crippen LogP contribution is 2.20. The monoisotopic (exact) mass is 458 g/mol. The lowest BCUT2D eigenvalue weighted by molar-refractivity contribution is 0.130. The van der Waals surface area contributed by atoms with Crippen LogP contribution in [-0.4, -0.2) is 66.8 Å². The Kier molecular flexibility index (Phi) is 7.14. The molecule has 2 aromatic carbocycles. The van der Waals surface area contributed by atoms with Crippen LogP contribution < -0.4 is 11.1 Å². The lowest BCUT2D eigenvalue weighted by Crippen LogP contribution is -2.44. The number of hydrogen-bond acceptors (Lipinski definition) is 6. The summed E-state index contributed by atoms with van der Waals surface area (Å²) in [7, 11) is 2.13. The van der Waals surface area contributed by atoms with Gasteiger partial charge in [0.15, 0.2) is 5.58 Å². The molecule has 0 spiro atoms. The topological polar surface area (TPSA) is 80.0 Å². The van der Waals surface area contributed by atoms with Crippen LogP contribution in [0.5, 0.6) is 0 Å². The van der Waals surface area contributed by atoms with E-state index in [4.69, 9.17) is 20.8 Å². The van der Waals surface area contributed by atoms with Crippen LogP contribution in [-0.2, 0) is 11.3 Å². The maximum atomic E-state index is 12.3. The summed E-state index contributed by atoms with van der Waals surface area (Å²) in [6, 6.07) is 12.4. The fourth-order valence-corrected chi connectivity index (χ4v) is 3.96. The Morgan fingerprint density at radius 1 is 1.16 bits per heavy atom. The van der Waals surface area contributed by atoms with Crippen molar-refractivity contribution in [3.63, 3.8) is 0 Å². The standard InChI is InChI=1S/C23H27ClN4O4/c1-26-9-11-27(12-10-26)8-3-13-31-22(29)25-19-5-2-4-17(14-19)16-28-20-7-6-18(24)15-21(20)32-23(28)30/h2,4-7,14-15H,3,8-13,16H2,1H3,(H,25,29). The number of amides is 1. The molecule has 1 aromatic heterocycles. The molecule has 0 unspecified atom stereocenters. The first kappa shape index (κ1) is 22.4. The van der Waals surface area contributed by atoms with Gasteiger partial charge in [-0.05, 0) is 43.3 Å². The molecule has 9 heteroatoms. The van der Waals surface area contributed by atoms with E-state index in [1.54, 1.807) is 24.3 Å². The quantitative estimate of drug-likeness (QED) is 0.546. The van der Waals surface area contributed by atoms with Crippen molar-refractivity contribution in [2.45, 2.75) is 13.0 Å². The summed E-state index contributed by atoms with van der Waals surface area (Å²) in [4.78, 5) is 29.1. The van der Waals surface area contributed by atoms with Gasteiger partial charge in [-0.1, -0.05) is 23.7 Å². The average Bonchev–Trinajstić information content (AvgIpc) is 3.07. The number of ether oxygens (including phenoxy) is 1. The van der Waals surface area contributed by atoms with Crippen molar-refractivity contribution in [2.24, 2.45) is 0 Å². The normalized spacial score (nSPS) is 15.2. The van der Waals surface area contributed by atoms with Gasteiger partial charge in [0, 0.05) is 49.5 Å². The Morgan fingerprint density at radius 3 is 2.78 bits per heavy atom. The molecule has 1 aliphatic heterocycles. The van der Waals surface area contributed by atoms with Gasteiger partial charge in [0.25, 0.3) is 0 Å². The maximum Gasteiger partial charge on any atom is 0.420 e. The summed E-state index contributed by atoms with van der Waals surface area (Å²) in [6.45, 7) is 5.86. The molecule has 1 N–H and O–H groups in total. The predicted molar refractivity (Wildman–Crippen MR) is 125 cm³/mol. The molecule has 8 nitrogen and oxygen atoms in total. The van der Waals surface area contributed by atoms with Crippen molar-refractivity contribution in [3.8, 4) is 0 Å². The van der Waals surface area contributed by atoms with E-state index in [1.165, 1.54) is 4.57 Å². The maximum absolute atomic E-state index is 12.3. The minimum Gasteiger partial charge on any atom is -0.449 e. The zero-order valence-corrected chi connectivity index (χ0v) is 18.8. The van der Waals surface area contributed by atoms with Crippen LogP contribution >= 0.6 is 11.6 Å². The molecule has 32 heavy (non-hydrogen) atoms. The van der Waals surface area contributed by atoms with Crippen molar-refractivity contribution in [1.29, 1.82) is 0 Å². The van der Waals surface area contributed by atoms with Gasteiger partial charge >= 0.3 is 11.8 Å². The van der Waals surface area contributed by atoms with Crippen LogP contribution in [0.3, 0.4) is 0 Å². The molecule has 1 amide bonds. The molecule has 1 aliphatic rings. The summed E-state index contributed by atoms with van der Waals surface area (Å²) >= 11 is 5.97. The minimum atomic E-state index is -0.485. The number of carbonyl (C=O) groups is 1. The number of oxazole rings is 1. The lowest BCUT2D eigenvalue weighted by atomic mass is 10.2. The number of anilines is 1. The van der Waals surface area contributed by atoms with E-state index < -0.39 is 11.8 Å². The fraction of sp³-hybridized carbons (Fsp3) is 0.391. The summed E-state index contributed by atoms with van der Waals surface area (Å²) in [5.41, 5.74) is 2.56. The Hall–Kier alpha value is -2.81. The number of nitrogens with zero attached hydrogens (tertiary/aromatic N) is 3. The minimum absolute atomic E-state index is 0.309. The second-order valence-electron chi connectivity index (χ2n) is 8.03.